The van der Waals surface area contributed by atoms with Crippen LogP contribution in [-0.4, -0.2) is 39.8 Å². The summed E-state index contributed by atoms with van der Waals surface area (Å²) in [7, 11) is 0. The molecule has 1 heterocycles. The number of aryl methyl sites for hydroxylation is 1. The number of carbonyl (C=O) groups is 3. The molecule has 0 amide bonds. The minimum absolute atomic E-state index is 0.0204. The van der Waals surface area contributed by atoms with Crippen LogP contribution in [0.4, 0.5) is 5.69 Å². The van der Waals surface area contributed by atoms with E-state index in [0.29, 0.717) is 21.7 Å². The summed E-state index contributed by atoms with van der Waals surface area (Å²) < 4.78 is 5.20. The molecular weight excluding hydrogens is 384 g/mol. The number of benzene rings is 1. The van der Waals surface area contributed by atoms with Gasteiger partial charge in [0.15, 0.2) is 11.9 Å². The van der Waals surface area contributed by atoms with Gasteiger partial charge >= 0.3 is 5.97 Å². The molecule has 2 aromatic rings. The molecule has 1 atom stereocenters. The minimum Gasteiger partial charge on any atom is -0.451 e. The quantitative estimate of drug-likeness (QED) is 0.244. The van der Waals surface area contributed by atoms with Crippen LogP contribution in [0, 0.1) is 24.0 Å². The molecule has 28 heavy (non-hydrogen) atoms. The summed E-state index contributed by atoms with van der Waals surface area (Å²) in [6, 6.07) is 4.00. The predicted octanol–water partition coefficient (Wildman–Crippen LogP) is 3.89. The Kier molecular flexibility index (Phi) is 6.40. The van der Waals surface area contributed by atoms with Gasteiger partial charge in [-0.3, -0.25) is 19.7 Å². The third kappa shape index (κ3) is 4.14. The number of thioether (sulfide) groups is 1. The zero-order valence-corrected chi connectivity index (χ0v) is 16.9. The van der Waals surface area contributed by atoms with Crippen molar-refractivity contribution in [2.45, 2.75) is 38.7 Å². The van der Waals surface area contributed by atoms with Crippen LogP contribution < -0.4 is 0 Å². The summed E-state index contributed by atoms with van der Waals surface area (Å²) in [5.74, 6) is -1.50. The van der Waals surface area contributed by atoms with E-state index in [1.165, 1.54) is 37.7 Å². The SMILES string of the molecule is CSc1ccc(C(=O)O[C@H](C)C(=O)c2[nH]c(C)c(C(C)=O)c2C)cc1[N+](=O)[O-]. The number of ether oxygens (including phenoxy) is 1. The van der Waals surface area contributed by atoms with Gasteiger partial charge in [0.05, 0.1) is 21.1 Å². The summed E-state index contributed by atoms with van der Waals surface area (Å²) in [4.78, 5) is 50.6. The molecule has 0 bridgehead atoms. The first-order valence-corrected chi connectivity index (χ1v) is 9.58. The van der Waals surface area contributed by atoms with Gasteiger partial charge < -0.3 is 9.72 Å². The Bertz CT molecular complexity index is 979. The fourth-order valence-corrected chi connectivity index (χ4v) is 3.52. The number of hydrogen-bond acceptors (Lipinski definition) is 7. The van der Waals surface area contributed by atoms with Crippen molar-refractivity contribution in [3.8, 4) is 0 Å². The number of aromatic nitrogens is 1. The normalized spacial score (nSPS) is 11.8. The van der Waals surface area contributed by atoms with Crippen molar-refractivity contribution in [3.05, 3.63) is 56.4 Å². The van der Waals surface area contributed by atoms with Crippen molar-refractivity contribution in [1.29, 1.82) is 0 Å². The zero-order chi connectivity index (χ0) is 21.2. The van der Waals surface area contributed by atoms with Gasteiger partial charge in [0.25, 0.3) is 5.69 Å². The first kappa shape index (κ1) is 21.4. The van der Waals surface area contributed by atoms with Gasteiger partial charge in [-0.25, -0.2) is 4.79 Å². The molecule has 0 aliphatic rings. The fraction of sp³-hybridized carbons (Fsp3) is 0.316. The number of aromatic amines is 1. The Morgan fingerprint density at radius 3 is 2.39 bits per heavy atom. The number of nitrogens with zero attached hydrogens (tertiary/aromatic N) is 1. The Labute approximate surface area is 165 Å². The summed E-state index contributed by atoms with van der Waals surface area (Å²) in [5.41, 5.74) is 1.47. The van der Waals surface area contributed by atoms with Crippen LogP contribution in [0.1, 0.15) is 56.3 Å². The van der Waals surface area contributed by atoms with Gasteiger partial charge in [-0.2, -0.15) is 0 Å². The molecule has 1 N–H and O–H groups in total. The van der Waals surface area contributed by atoms with Crippen molar-refractivity contribution in [1.82, 2.24) is 4.98 Å². The second kappa shape index (κ2) is 8.39. The van der Waals surface area contributed by atoms with Crippen molar-refractivity contribution in [2.24, 2.45) is 0 Å². The van der Waals surface area contributed by atoms with E-state index in [1.807, 2.05) is 0 Å². The summed E-state index contributed by atoms with van der Waals surface area (Å²) in [6.45, 7) is 6.15. The smallest absolute Gasteiger partial charge is 0.339 e. The number of Topliss-reactive ketones (excluding diaryl/α,β-unsaturated/α-hetero) is 2. The molecule has 8 nitrogen and oxygen atoms in total. The van der Waals surface area contributed by atoms with E-state index in [0.717, 1.165) is 6.07 Å². The van der Waals surface area contributed by atoms with Crippen molar-refractivity contribution in [2.75, 3.05) is 6.26 Å². The lowest BCUT2D eigenvalue weighted by atomic mass is 10.0. The van der Waals surface area contributed by atoms with Crippen molar-refractivity contribution >= 4 is 35.0 Å². The van der Waals surface area contributed by atoms with Crippen LogP contribution in [0.15, 0.2) is 23.1 Å². The summed E-state index contributed by atoms with van der Waals surface area (Å²) in [5, 5.41) is 11.2. The lowest BCUT2D eigenvalue weighted by molar-refractivity contribution is -0.387. The minimum atomic E-state index is -1.14. The molecule has 0 spiro atoms. The predicted molar refractivity (Wildman–Crippen MR) is 104 cm³/mol. The molecule has 148 valence electrons. The second-order valence-electron chi connectivity index (χ2n) is 6.24. The van der Waals surface area contributed by atoms with E-state index in [-0.39, 0.29) is 22.7 Å². The van der Waals surface area contributed by atoms with E-state index in [1.54, 1.807) is 20.1 Å². The highest BCUT2D eigenvalue weighted by Gasteiger charge is 2.27. The van der Waals surface area contributed by atoms with Crippen molar-refractivity contribution < 1.29 is 24.0 Å². The highest BCUT2D eigenvalue weighted by atomic mass is 32.2. The maximum atomic E-state index is 12.7. The molecule has 1 aromatic heterocycles. The molecule has 0 fully saturated rings. The van der Waals surface area contributed by atoms with Gasteiger partial charge in [0, 0.05) is 17.3 Å². The number of nitro benzene ring substituents is 1. The average Bonchev–Trinajstić information content (AvgIpc) is 2.94. The third-order valence-electron chi connectivity index (χ3n) is 4.30. The Balaban J connectivity index is 2.24. The zero-order valence-electron chi connectivity index (χ0n) is 16.1. The maximum Gasteiger partial charge on any atom is 0.339 e. The molecular formula is C19H20N2O6S. The molecule has 0 saturated carbocycles. The van der Waals surface area contributed by atoms with Crippen LogP contribution in [0.3, 0.4) is 0 Å². The van der Waals surface area contributed by atoms with Crippen LogP contribution in [0.2, 0.25) is 0 Å². The average molecular weight is 404 g/mol. The lowest BCUT2D eigenvalue weighted by Gasteiger charge is -2.12. The van der Waals surface area contributed by atoms with Gasteiger partial charge in [-0.05, 0) is 51.6 Å². The highest BCUT2D eigenvalue weighted by molar-refractivity contribution is 7.98. The first-order valence-electron chi connectivity index (χ1n) is 8.36. The summed E-state index contributed by atoms with van der Waals surface area (Å²) in [6.07, 6.45) is 0.556. The molecule has 0 saturated heterocycles. The van der Waals surface area contributed by atoms with Gasteiger partial charge in [-0.1, -0.05) is 0 Å². The fourth-order valence-electron chi connectivity index (χ4n) is 2.97. The van der Waals surface area contributed by atoms with Gasteiger partial charge in [0.2, 0.25) is 5.78 Å². The highest BCUT2D eigenvalue weighted by Crippen LogP contribution is 2.29. The molecule has 9 heteroatoms. The Morgan fingerprint density at radius 1 is 1.25 bits per heavy atom. The van der Waals surface area contributed by atoms with Crippen LogP contribution in [-0.2, 0) is 4.74 Å². The molecule has 0 unspecified atom stereocenters. The molecule has 0 radical (unpaired) electrons. The second-order valence-corrected chi connectivity index (χ2v) is 7.08. The van der Waals surface area contributed by atoms with E-state index in [9.17, 15) is 24.5 Å². The Hall–Kier alpha value is -2.94. The van der Waals surface area contributed by atoms with E-state index < -0.39 is 22.8 Å². The number of ketones is 2. The van der Waals surface area contributed by atoms with Crippen molar-refractivity contribution in [3.63, 3.8) is 0 Å². The number of esters is 1. The molecule has 0 aliphatic heterocycles. The molecule has 0 aliphatic carbocycles. The van der Waals surface area contributed by atoms with Gasteiger partial charge in [0.1, 0.15) is 0 Å². The number of H-pyrrole nitrogens is 1. The van der Waals surface area contributed by atoms with Crippen LogP contribution >= 0.6 is 11.8 Å². The summed E-state index contributed by atoms with van der Waals surface area (Å²) >= 11 is 1.19. The Morgan fingerprint density at radius 2 is 1.89 bits per heavy atom. The first-order chi connectivity index (χ1) is 13.1. The standard InChI is InChI=1S/C19H20N2O6S/c1-9-16(11(3)22)10(2)20-17(9)18(23)12(4)27-19(24)13-6-7-15(28-5)14(8-13)21(25)26/h6-8,12,20H,1-5H3/t12-/m1/s1. The van der Waals surface area contributed by atoms with E-state index in [4.69, 9.17) is 4.74 Å². The monoisotopic (exact) mass is 404 g/mol. The third-order valence-corrected chi connectivity index (χ3v) is 5.09. The van der Waals surface area contributed by atoms with Gasteiger partial charge in [-0.15, -0.1) is 11.8 Å². The van der Waals surface area contributed by atoms with E-state index in [2.05, 4.69) is 4.98 Å². The largest absolute Gasteiger partial charge is 0.451 e. The maximum absolute atomic E-state index is 12.7. The number of rotatable bonds is 7. The number of carbonyl (C=O) groups excluding carboxylic acids is 3. The van der Waals surface area contributed by atoms with E-state index >= 15 is 0 Å². The topological polar surface area (TPSA) is 119 Å². The van der Waals surface area contributed by atoms with Crippen LogP contribution in [0.5, 0.6) is 0 Å². The van der Waals surface area contributed by atoms with Crippen LogP contribution in [0.25, 0.3) is 0 Å². The number of nitrogens with one attached hydrogen (secondary N) is 1. The number of nitro groups is 1. The lowest BCUT2D eigenvalue weighted by Crippen LogP contribution is -2.25. The molecule has 1 aromatic carbocycles. The molecule has 2 rings (SSSR count). The number of hydrogen-bond donors (Lipinski definition) is 1.